The number of hydrogen-bond donors (Lipinski definition) is 1. The lowest BCUT2D eigenvalue weighted by Crippen LogP contribution is -2.27. The molecule has 0 saturated carbocycles. The highest BCUT2D eigenvalue weighted by Gasteiger charge is 2.12. The highest BCUT2D eigenvalue weighted by Crippen LogP contribution is 2.11. The van der Waals surface area contributed by atoms with Crippen LogP contribution in [0.1, 0.15) is 6.92 Å². The van der Waals surface area contributed by atoms with Gasteiger partial charge >= 0.3 is 5.97 Å². The summed E-state index contributed by atoms with van der Waals surface area (Å²) in [6.07, 6.45) is 0. The van der Waals surface area contributed by atoms with E-state index in [0.29, 0.717) is 11.7 Å². The Morgan fingerprint density at radius 1 is 1.47 bits per heavy atom. The molecule has 0 saturated heterocycles. The van der Waals surface area contributed by atoms with Crippen molar-refractivity contribution >= 4 is 11.8 Å². The second kappa shape index (κ2) is 5.19. The van der Waals surface area contributed by atoms with E-state index in [9.17, 15) is 4.79 Å². The molecule has 0 aromatic carbocycles. The van der Waals surface area contributed by atoms with Crippen LogP contribution in [-0.2, 0) is 9.53 Å². The van der Waals surface area contributed by atoms with Crippen LogP contribution < -0.4 is 10.1 Å². The standard InChI is InChI=1S/C10H14N2O3/c1-7(10(13)15-3)11-8-5-4-6-9(12-8)14-2/h4-7H,1-3H3,(H,11,12). The van der Waals surface area contributed by atoms with Crippen LogP contribution in [0.4, 0.5) is 5.82 Å². The fourth-order valence-corrected chi connectivity index (χ4v) is 1.07. The van der Waals surface area contributed by atoms with Gasteiger partial charge in [-0.2, -0.15) is 4.98 Å². The quantitative estimate of drug-likeness (QED) is 0.753. The van der Waals surface area contributed by atoms with Crippen molar-refractivity contribution in [2.45, 2.75) is 13.0 Å². The van der Waals surface area contributed by atoms with Gasteiger partial charge in [-0.05, 0) is 13.0 Å². The van der Waals surface area contributed by atoms with Crippen LogP contribution in [0.25, 0.3) is 0 Å². The molecule has 0 radical (unpaired) electrons. The van der Waals surface area contributed by atoms with E-state index in [2.05, 4.69) is 15.0 Å². The first-order chi connectivity index (χ1) is 7.17. The second-order valence-electron chi connectivity index (χ2n) is 2.95. The topological polar surface area (TPSA) is 60.5 Å². The summed E-state index contributed by atoms with van der Waals surface area (Å²) in [5, 5.41) is 2.90. The van der Waals surface area contributed by atoms with Crippen LogP contribution in [0.5, 0.6) is 5.88 Å². The Hall–Kier alpha value is -1.78. The summed E-state index contributed by atoms with van der Waals surface area (Å²) in [6, 6.07) is 4.84. The third-order valence-corrected chi connectivity index (χ3v) is 1.85. The monoisotopic (exact) mass is 210 g/mol. The minimum Gasteiger partial charge on any atom is -0.481 e. The van der Waals surface area contributed by atoms with Gasteiger partial charge in [0.25, 0.3) is 0 Å². The molecule has 0 aliphatic heterocycles. The Balaban J connectivity index is 2.67. The van der Waals surface area contributed by atoms with Crippen LogP contribution in [-0.4, -0.2) is 31.2 Å². The Morgan fingerprint density at radius 3 is 2.80 bits per heavy atom. The van der Waals surface area contributed by atoms with Gasteiger partial charge in [-0.3, -0.25) is 0 Å². The number of esters is 1. The van der Waals surface area contributed by atoms with Crippen LogP contribution in [0.15, 0.2) is 18.2 Å². The van der Waals surface area contributed by atoms with Crippen molar-refractivity contribution in [3.05, 3.63) is 18.2 Å². The number of methoxy groups -OCH3 is 2. The number of rotatable bonds is 4. The van der Waals surface area contributed by atoms with E-state index in [-0.39, 0.29) is 5.97 Å². The molecule has 1 aromatic heterocycles. The summed E-state index contributed by atoms with van der Waals surface area (Å²) in [4.78, 5) is 15.2. The maximum atomic E-state index is 11.1. The lowest BCUT2D eigenvalue weighted by Gasteiger charge is -2.12. The van der Waals surface area contributed by atoms with E-state index in [4.69, 9.17) is 4.74 Å². The van der Waals surface area contributed by atoms with Crippen molar-refractivity contribution < 1.29 is 14.3 Å². The third kappa shape index (κ3) is 3.12. The van der Waals surface area contributed by atoms with Crippen molar-refractivity contribution in [3.63, 3.8) is 0 Å². The summed E-state index contributed by atoms with van der Waals surface area (Å²) < 4.78 is 9.54. The highest BCUT2D eigenvalue weighted by molar-refractivity contribution is 5.78. The zero-order chi connectivity index (χ0) is 11.3. The molecular weight excluding hydrogens is 196 g/mol. The Morgan fingerprint density at radius 2 is 2.20 bits per heavy atom. The average molecular weight is 210 g/mol. The fourth-order valence-electron chi connectivity index (χ4n) is 1.07. The van der Waals surface area contributed by atoms with Crippen molar-refractivity contribution in [1.29, 1.82) is 0 Å². The van der Waals surface area contributed by atoms with Gasteiger partial charge in [0.15, 0.2) is 0 Å². The van der Waals surface area contributed by atoms with Gasteiger partial charge < -0.3 is 14.8 Å². The number of anilines is 1. The molecule has 1 atom stereocenters. The molecule has 0 aliphatic carbocycles. The third-order valence-electron chi connectivity index (χ3n) is 1.85. The molecule has 0 bridgehead atoms. The minimum atomic E-state index is -0.436. The van der Waals surface area contributed by atoms with E-state index in [1.54, 1.807) is 25.1 Å². The zero-order valence-electron chi connectivity index (χ0n) is 8.98. The number of hydrogen-bond acceptors (Lipinski definition) is 5. The number of aromatic nitrogens is 1. The number of carbonyl (C=O) groups is 1. The van der Waals surface area contributed by atoms with E-state index in [1.807, 2.05) is 0 Å². The summed E-state index contributed by atoms with van der Waals surface area (Å²) in [6.45, 7) is 1.70. The van der Waals surface area contributed by atoms with Crippen LogP contribution in [0.3, 0.4) is 0 Å². The molecule has 0 spiro atoms. The lowest BCUT2D eigenvalue weighted by atomic mass is 10.3. The maximum Gasteiger partial charge on any atom is 0.328 e. The van der Waals surface area contributed by atoms with Gasteiger partial charge in [0.05, 0.1) is 14.2 Å². The van der Waals surface area contributed by atoms with Gasteiger partial charge in [-0.15, -0.1) is 0 Å². The zero-order valence-corrected chi connectivity index (χ0v) is 8.98. The van der Waals surface area contributed by atoms with E-state index in [0.717, 1.165) is 0 Å². The van der Waals surface area contributed by atoms with Gasteiger partial charge in [0.1, 0.15) is 11.9 Å². The Kier molecular flexibility index (Phi) is 3.91. The van der Waals surface area contributed by atoms with Crippen LogP contribution in [0.2, 0.25) is 0 Å². The van der Waals surface area contributed by atoms with Crippen molar-refractivity contribution in [1.82, 2.24) is 4.98 Å². The normalized spacial score (nSPS) is 11.7. The first kappa shape index (κ1) is 11.3. The predicted octanol–water partition coefficient (Wildman–Crippen LogP) is 1.06. The van der Waals surface area contributed by atoms with Gasteiger partial charge in [0.2, 0.25) is 5.88 Å². The first-order valence-corrected chi connectivity index (χ1v) is 4.52. The second-order valence-corrected chi connectivity index (χ2v) is 2.95. The van der Waals surface area contributed by atoms with E-state index < -0.39 is 6.04 Å². The number of pyridine rings is 1. The maximum absolute atomic E-state index is 11.1. The van der Waals surface area contributed by atoms with Gasteiger partial charge in [-0.25, -0.2) is 4.79 Å². The Labute approximate surface area is 88.4 Å². The number of ether oxygens (including phenoxy) is 2. The summed E-state index contributed by atoms with van der Waals surface area (Å²) >= 11 is 0. The molecule has 0 amide bonds. The molecular formula is C10H14N2O3. The van der Waals surface area contributed by atoms with Crippen molar-refractivity contribution in [2.75, 3.05) is 19.5 Å². The summed E-state index contributed by atoms with van der Waals surface area (Å²) in [5.74, 6) is 0.740. The predicted molar refractivity (Wildman–Crippen MR) is 55.9 cm³/mol. The summed E-state index contributed by atoms with van der Waals surface area (Å²) in [7, 11) is 2.88. The van der Waals surface area contributed by atoms with Gasteiger partial charge in [0, 0.05) is 6.07 Å². The molecule has 1 N–H and O–H groups in total. The van der Waals surface area contributed by atoms with Crippen molar-refractivity contribution in [2.24, 2.45) is 0 Å². The molecule has 1 aromatic rings. The largest absolute Gasteiger partial charge is 0.481 e. The smallest absolute Gasteiger partial charge is 0.328 e. The molecule has 0 aliphatic rings. The average Bonchev–Trinajstić information content (AvgIpc) is 2.28. The van der Waals surface area contributed by atoms with Crippen LogP contribution in [0, 0.1) is 0 Å². The molecule has 82 valence electrons. The molecule has 1 rings (SSSR count). The molecule has 5 nitrogen and oxygen atoms in total. The SMILES string of the molecule is COC(=O)C(C)Nc1cccc(OC)n1. The number of nitrogens with one attached hydrogen (secondary N) is 1. The first-order valence-electron chi connectivity index (χ1n) is 4.52. The fraction of sp³-hybridized carbons (Fsp3) is 0.400. The minimum absolute atomic E-state index is 0.334. The van der Waals surface area contributed by atoms with E-state index >= 15 is 0 Å². The Bertz CT molecular complexity index is 341. The van der Waals surface area contributed by atoms with E-state index in [1.165, 1.54) is 14.2 Å². The highest BCUT2D eigenvalue weighted by atomic mass is 16.5. The summed E-state index contributed by atoms with van der Waals surface area (Å²) in [5.41, 5.74) is 0. The molecule has 5 heteroatoms. The lowest BCUT2D eigenvalue weighted by molar-refractivity contribution is -0.141. The van der Waals surface area contributed by atoms with Gasteiger partial charge in [-0.1, -0.05) is 6.07 Å². The molecule has 1 unspecified atom stereocenters. The van der Waals surface area contributed by atoms with Crippen LogP contribution >= 0.6 is 0 Å². The molecule has 0 fully saturated rings. The molecule has 15 heavy (non-hydrogen) atoms. The van der Waals surface area contributed by atoms with Crippen molar-refractivity contribution in [3.8, 4) is 5.88 Å². The number of carbonyl (C=O) groups excluding carboxylic acids is 1. The number of nitrogens with zero attached hydrogens (tertiary/aromatic N) is 1. The molecule has 1 heterocycles.